The molecule has 1 aliphatic rings. The van der Waals surface area contributed by atoms with Crippen LogP contribution in [0.5, 0.6) is 0 Å². The lowest BCUT2D eigenvalue weighted by molar-refractivity contribution is -0.385. The second-order valence-electron chi connectivity index (χ2n) is 4.98. The van der Waals surface area contributed by atoms with Crippen LogP contribution in [-0.2, 0) is 11.3 Å². The van der Waals surface area contributed by atoms with Gasteiger partial charge in [0.2, 0.25) is 0 Å². The van der Waals surface area contributed by atoms with Crippen molar-refractivity contribution in [2.45, 2.75) is 38.0 Å². The highest BCUT2D eigenvalue weighted by molar-refractivity contribution is 5.20. The lowest BCUT2D eigenvalue weighted by atomic mass is 10.1. The van der Waals surface area contributed by atoms with E-state index >= 15 is 0 Å². The molecule has 0 aliphatic carbocycles. The monoisotopic (exact) mass is 284 g/mol. The predicted octanol–water partition coefficient (Wildman–Crippen LogP) is 0.311. The second-order valence-corrected chi connectivity index (χ2v) is 4.98. The van der Waals surface area contributed by atoms with Gasteiger partial charge in [0.1, 0.15) is 12.4 Å². The second kappa shape index (κ2) is 7.32. The zero-order valence-electron chi connectivity index (χ0n) is 11.3. The van der Waals surface area contributed by atoms with Gasteiger partial charge in [-0.25, -0.2) is 0 Å². The fraction of sp³-hybridized carbons (Fsp3) is 0.750. The van der Waals surface area contributed by atoms with Crippen molar-refractivity contribution in [3.8, 4) is 0 Å². The molecule has 2 heterocycles. The molecule has 1 aliphatic heterocycles. The molecule has 0 bridgehead atoms. The molecule has 0 spiro atoms. The Hall–Kier alpha value is -1.51. The number of aliphatic hydroxyl groups excluding tert-OH is 1. The third-order valence-corrected chi connectivity index (χ3v) is 3.25. The molecule has 112 valence electrons. The van der Waals surface area contributed by atoms with Crippen molar-refractivity contribution in [2.75, 3.05) is 19.7 Å². The maximum atomic E-state index is 10.5. The minimum absolute atomic E-state index is 0.0687. The summed E-state index contributed by atoms with van der Waals surface area (Å²) < 4.78 is 6.95. The maximum absolute atomic E-state index is 10.5. The van der Waals surface area contributed by atoms with Crippen molar-refractivity contribution in [3.63, 3.8) is 0 Å². The van der Waals surface area contributed by atoms with Crippen LogP contribution in [0.25, 0.3) is 0 Å². The summed E-state index contributed by atoms with van der Waals surface area (Å²) in [6, 6.07) is 0. The standard InChI is InChI=1S/C12H20N4O4/c17-11(6-13-7-12-3-1-2-4-20-12)9-15-8-10(5-14-15)16(18)19/h5,8,11-13,17H,1-4,6-7,9H2. The maximum Gasteiger partial charge on any atom is 0.306 e. The molecule has 20 heavy (non-hydrogen) atoms. The molecular formula is C12H20N4O4. The molecular weight excluding hydrogens is 264 g/mol. The van der Waals surface area contributed by atoms with Crippen LogP contribution in [0.15, 0.2) is 12.4 Å². The van der Waals surface area contributed by atoms with Crippen LogP contribution in [0.2, 0.25) is 0 Å². The molecule has 0 radical (unpaired) electrons. The number of rotatable bonds is 7. The van der Waals surface area contributed by atoms with Crippen LogP contribution in [0, 0.1) is 10.1 Å². The minimum atomic E-state index is -0.641. The number of nitrogens with one attached hydrogen (secondary N) is 1. The van der Waals surface area contributed by atoms with Gasteiger partial charge in [0.25, 0.3) is 0 Å². The summed E-state index contributed by atoms with van der Waals surface area (Å²) in [5.41, 5.74) is -0.0687. The van der Waals surface area contributed by atoms with E-state index in [1.807, 2.05) is 0 Å². The SMILES string of the molecule is O=[N+]([O-])c1cnn(CC(O)CNCC2CCCCO2)c1. The molecule has 1 aromatic rings. The van der Waals surface area contributed by atoms with Gasteiger partial charge >= 0.3 is 5.69 Å². The Kier molecular flexibility index (Phi) is 5.45. The molecule has 2 atom stereocenters. The Morgan fingerprint density at radius 2 is 2.50 bits per heavy atom. The lowest BCUT2D eigenvalue weighted by Gasteiger charge is -2.23. The predicted molar refractivity (Wildman–Crippen MR) is 71.3 cm³/mol. The van der Waals surface area contributed by atoms with E-state index in [0.717, 1.165) is 26.0 Å². The van der Waals surface area contributed by atoms with E-state index in [-0.39, 0.29) is 18.3 Å². The van der Waals surface area contributed by atoms with Crippen LogP contribution in [0.4, 0.5) is 5.69 Å². The van der Waals surface area contributed by atoms with Gasteiger partial charge < -0.3 is 15.2 Å². The fourth-order valence-electron chi connectivity index (χ4n) is 2.21. The molecule has 1 fully saturated rings. The Morgan fingerprint density at radius 1 is 1.65 bits per heavy atom. The van der Waals surface area contributed by atoms with Gasteiger partial charge in [0.05, 0.1) is 23.7 Å². The summed E-state index contributed by atoms with van der Waals surface area (Å²) in [5.74, 6) is 0. The number of hydrogen-bond acceptors (Lipinski definition) is 6. The summed E-state index contributed by atoms with van der Waals surface area (Å²) in [6.07, 6.45) is 5.43. The zero-order valence-corrected chi connectivity index (χ0v) is 11.3. The first-order valence-electron chi connectivity index (χ1n) is 6.82. The van der Waals surface area contributed by atoms with Crippen LogP contribution in [0.1, 0.15) is 19.3 Å². The highest BCUT2D eigenvalue weighted by atomic mass is 16.6. The van der Waals surface area contributed by atoms with Gasteiger partial charge in [-0.2, -0.15) is 5.10 Å². The first-order valence-corrected chi connectivity index (χ1v) is 6.82. The van der Waals surface area contributed by atoms with Gasteiger partial charge in [-0.15, -0.1) is 0 Å². The van der Waals surface area contributed by atoms with E-state index in [1.54, 1.807) is 0 Å². The molecule has 2 rings (SSSR count). The quantitative estimate of drug-likeness (QED) is 0.552. The summed E-state index contributed by atoms with van der Waals surface area (Å²) in [6.45, 7) is 2.17. The van der Waals surface area contributed by atoms with E-state index in [4.69, 9.17) is 4.74 Å². The van der Waals surface area contributed by atoms with Crippen molar-refractivity contribution < 1.29 is 14.8 Å². The number of nitrogens with zero attached hydrogens (tertiary/aromatic N) is 3. The first-order chi connectivity index (χ1) is 9.65. The third-order valence-electron chi connectivity index (χ3n) is 3.25. The summed E-state index contributed by atoms with van der Waals surface area (Å²) in [7, 11) is 0. The van der Waals surface area contributed by atoms with Crippen LogP contribution >= 0.6 is 0 Å². The van der Waals surface area contributed by atoms with E-state index in [2.05, 4.69) is 10.4 Å². The van der Waals surface area contributed by atoms with Gasteiger partial charge in [0, 0.05) is 19.7 Å². The Balaban J connectivity index is 1.66. The van der Waals surface area contributed by atoms with Gasteiger partial charge in [-0.05, 0) is 19.3 Å². The van der Waals surface area contributed by atoms with E-state index in [0.29, 0.717) is 6.54 Å². The Morgan fingerprint density at radius 3 is 3.15 bits per heavy atom. The number of ether oxygens (including phenoxy) is 1. The number of aliphatic hydroxyl groups is 1. The molecule has 1 saturated heterocycles. The van der Waals surface area contributed by atoms with Gasteiger partial charge in [-0.3, -0.25) is 14.8 Å². The lowest BCUT2D eigenvalue weighted by Crippen LogP contribution is -2.37. The van der Waals surface area contributed by atoms with Gasteiger partial charge in [0.15, 0.2) is 0 Å². The Labute approximate surface area is 116 Å². The average molecular weight is 284 g/mol. The highest BCUT2D eigenvalue weighted by Gasteiger charge is 2.15. The van der Waals surface area contributed by atoms with Gasteiger partial charge in [-0.1, -0.05) is 0 Å². The number of hydrogen-bond donors (Lipinski definition) is 2. The van der Waals surface area contributed by atoms with Crippen molar-refractivity contribution in [2.24, 2.45) is 0 Å². The molecule has 8 heteroatoms. The van der Waals surface area contributed by atoms with E-state index < -0.39 is 11.0 Å². The van der Waals surface area contributed by atoms with Crippen LogP contribution in [0.3, 0.4) is 0 Å². The first kappa shape index (κ1) is 14.9. The average Bonchev–Trinajstić information content (AvgIpc) is 2.88. The van der Waals surface area contributed by atoms with E-state index in [9.17, 15) is 15.2 Å². The van der Waals surface area contributed by atoms with Crippen LogP contribution < -0.4 is 5.32 Å². The van der Waals surface area contributed by atoms with Crippen molar-refractivity contribution in [1.82, 2.24) is 15.1 Å². The fourth-order valence-corrected chi connectivity index (χ4v) is 2.21. The number of aromatic nitrogens is 2. The van der Waals surface area contributed by atoms with Crippen molar-refractivity contribution in [1.29, 1.82) is 0 Å². The molecule has 0 amide bonds. The van der Waals surface area contributed by atoms with Crippen molar-refractivity contribution in [3.05, 3.63) is 22.5 Å². The molecule has 2 unspecified atom stereocenters. The van der Waals surface area contributed by atoms with Crippen molar-refractivity contribution >= 4 is 5.69 Å². The minimum Gasteiger partial charge on any atom is -0.390 e. The van der Waals surface area contributed by atoms with Crippen LogP contribution in [-0.4, -0.2) is 51.7 Å². The smallest absolute Gasteiger partial charge is 0.306 e. The van der Waals surface area contributed by atoms with E-state index in [1.165, 1.54) is 23.5 Å². The number of nitro groups is 1. The topological polar surface area (TPSA) is 102 Å². The zero-order chi connectivity index (χ0) is 14.4. The summed E-state index contributed by atoms with van der Waals surface area (Å²) in [5, 5.41) is 27.3. The molecule has 2 N–H and O–H groups in total. The largest absolute Gasteiger partial charge is 0.390 e. The third kappa shape index (κ3) is 4.55. The summed E-state index contributed by atoms with van der Waals surface area (Å²) in [4.78, 5) is 10.0. The highest BCUT2D eigenvalue weighted by Crippen LogP contribution is 2.11. The molecule has 0 saturated carbocycles. The summed E-state index contributed by atoms with van der Waals surface area (Å²) >= 11 is 0. The molecule has 8 nitrogen and oxygen atoms in total. The normalized spacial score (nSPS) is 20.8. The Bertz CT molecular complexity index is 431. The molecule has 0 aromatic carbocycles. The molecule has 1 aromatic heterocycles.